The SMILES string of the molecule is CCCCCCCCCO[C@@H]1C[C@@H](O)[C@H](O)[C@@H](CO)O1. The van der Waals surface area contributed by atoms with E-state index in [9.17, 15) is 10.2 Å². The van der Waals surface area contributed by atoms with Gasteiger partial charge in [0.05, 0.1) is 12.7 Å². The van der Waals surface area contributed by atoms with Gasteiger partial charge in [-0.25, -0.2) is 0 Å². The Morgan fingerprint density at radius 3 is 2.35 bits per heavy atom. The minimum Gasteiger partial charge on any atom is -0.394 e. The van der Waals surface area contributed by atoms with Crippen molar-refractivity contribution in [2.24, 2.45) is 0 Å². The Morgan fingerprint density at radius 2 is 1.70 bits per heavy atom. The highest BCUT2D eigenvalue weighted by Gasteiger charge is 2.36. The molecule has 1 heterocycles. The minimum atomic E-state index is -1.03. The van der Waals surface area contributed by atoms with Crippen LogP contribution in [0.25, 0.3) is 0 Å². The van der Waals surface area contributed by atoms with Crippen molar-refractivity contribution in [2.75, 3.05) is 13.2 Å². The maximum atomic E-state index is 9.65. The van der Waals surface area contributed by atoms with Crippen molar-refractivity contribution in [3.8, 4) is 0 Å². The summed E-state index contributed by atoms with van der Waals surface area (Å²) in [5, 5.41) is 28.3. The first kappa shape index (κ1) is 17.9. The van der Waals surface area contributed by atoms with Crippen LogP contribution >= 0.6 is 0 Å². The van der Waals surface area contributed by atoms with Gasteiger partial charge in [-0.2, -0.15) is 0 Å². The van der Waals surface area contributed by atoms with Gasteiger partial charge in [0.15, 0.2) is 6.29 Å². The molecule has 0 spiro atoms. The lowest BCUT2D eigenvalue weighted by Gasteiger charge is -2.36. The standard InChI is InChI=1S/C15H30O5/c1-2-3-4-5-6-7-8-9-19-14-10-12(17)15(18)13(11-16)20-14/h12-18H,2-11H2,1H3/t12-,13-,14+,15+/m1/s1. The van der Waals surface area contributed by atoms with Crippen LogP contribution in [0.1, 0.15) is 58.3 Å². The van der Waals surface area contributed by atoms with Gasteiger partial charge in [-0.15, -0.1) is 0 Å². The molecule has 0 amide bonds. The summed E-state index contributed by atoms with van der Waals surface area (Å²) < 4.78 is 11.0. The molecule has 1 fully saturated rings. The van der Waals surface area contributed by atoms with Gasteiger partial charge in [0.1, 0.15) is 12.2 Å². The number of aliphatic hydroxyl groups is 3. The Morgan fingerprint density at radius 1 is 1.05 bits per heavy atom. The van der Waals surface area contributed by atoms with Gasteiger partial charge in [0, 0.05) is 13.0 Å². The van der Waals surface area contributed by atoms with Gasteiger partial charge in [0.2, 0.25) is 0 Å². The summed E-state index contributed by atoms with van der Waals surface area (Å²) in [6, 6.07) is 0. The van der Waals surface area contributed by atoms with Gasteiger partial charge < -0.3 is 24.8 Å². The largest absolute Gasteiger partial charge is 0.394 e. The zero-order valence-electron chi connectivity index (χ0n) is 12.5. The van der Waals surface area contributed by atoms with E-state index in [1.807, 2.05) is 0 Å². The van der Waals surface area contributed by atoms with E-state index in [1.54, 1.807) is 0 Å². The Labute approximate surface area is 121 Å². The molecular formula is C15H30O5. The van der Waals surface area contributed by atoms with E-state index >= 15 is 0 Å². The summed E-state index contributed by atoms with van der Waals surface area (Å²) in [7, 11) is 0. The molecule has 0 radical (unpaired) electrons. The second-order valence-corrected chi connectivity index (χ2v) is 5.57. The van der Waals surface area contributed by atoms with Gasteiger partial charge in [-0.05, 0) is 6.42 Å². The highest BCUT2D eigenvalue weighted by Crippen LogP contribution is 2.21. The second kappa shape index (κ2) is 10.5. The molecule has 0 aromatic heterocycles. The minimum absolute atomic E-state index is 0.258. The van der Waals surface area contributed by atoms with Crippen molar-refractivity contribution < 1.29 is 24.8 Å². The zero-order chi connectivity index (χ0) is 14.8. The fraction of sp³-hybridized carbons (Fsp3) is 1.00. The molecule has 3 N–H and O–H groups in total. The lowest BCUT2D eigenvalue weighted by Crippen LogP contribution is -2.50. The quantitative estimate of drug-likeness (QED) is 0.532. The van der Waals surface area contributed by atoms with Crippen LogP contribution in [0, 0.1) is 0 Å². The van der Waals surface area contributed by atoms with Crippen LogP contribution in [0.15, 0.2) is 0 Å². The van der Waals surface area contributed by atoms with Crippen molar-refractivity contribution >= 4 is 0 Å². The summed E-state index contributed by atoms with van der Waals surface area (Å²) in [5.41, 5.74) is 0. The Balaban J connectivity index is 2.04. The molecule has 0 unspecified atom stereocenters. The van der Waals surface area contributed by atoms with Crippen LogP contribution in [0.4, 0.5) is 0 Å². The van der Waals surface area contributed by atoms with Crippen LogP contribution in [0.3, 0.4) is 0 Å². The van der Waals surface area contributed by atoms with Crippen molar-refractivity contribution in [1.82, 2.24) is 0 Å². The molecule has 1 aliphatic rings. The fourth-order valence-corrected chi connectivity index (χ4v) is 2.45. The molecule has 0 aromatic carbocycles. The summed E-state index contributed by atoms with van der Waals surface area (Å²) >= 11 is 0. The maximum absolute atomic E-state index is 9.65. The summed E-state index contributed by atoms with van der Waals surface area (Å²) in [4.78, 5) is 0. The number of aliphatic hydroxyl groups excluding tert-OH is 3. The van der Waals surface area contributed by atoms with Crippen molar-refractivity contribution in [2.45, 2.75) is 82.9 Å². The van der Waals surface area contributed by atoms with Crippen LogP contribution < -0.4 is 0 Å². The van der Waals surface area contributed by atoms with Gasteiger partial charge >= 0.3 is 0 Å². The lowest BCUT2D eigenvalue weighted by molar-refractivity contribution is -0.256. The van der Waals surface area contributed by atoms with E-state index in [2.05, 4.69) is 6.92 Å². The Hall–Kier alpha value is -0.200. The first-order valence-corrected chi connectivity index (χ1v) is 7.93. The number of hydrogen-bond acceptors (Lipinski definition) is 5. The first-order chi connectivity index (χ1) is 9.69. The van der Waals surface area contributed by atoms with E-state index in [1.165, 1.54) is 32.1 Å². The molecule has 0 aliphatic carbocycles. The van der Waals surface area contributed by atoms with Crippen molar-refractivity contribution in [3.05, 3.63) is 0 Å². The zero-order valence-corrected chi connectivity index (χ0v) is 12.5. The van der Waals surface area contributed by atoms with E-state index in [4.69, 9.17) is 14.6 Å². The normalized spacial score (nSPS) is 30.6. The predicted octanol–water partition coefficient (Wildman–Crippen LogP) is 1.58. The van der Waals surface area contributed by atoms with Gasteiger partial charge in [-0.3, -0.25) is 0 Å². The Kier molecular flexibility index (Phi) is 9.39. The third-order valence-electron chi connectivity index (χ3n) is 3.77. The van der Waals surface area contributed by atoms with Crippen LogP contribution in [0.5, 0.6) is 0 Å². The van der Waals surface area contributed by atoms with Crippen LogP contribution in [0.2, 0.25) is 0 Å². The van der Waals surface area contributed by atoms with Crippen LogP contribution in [-0.2, 0) is 9.47 Å². The lowest BCUT2D eigenvalue weighted by atomic mass is 10.0. The molecule has 20 heavy (non-hydrogen) atoms. The van der Waals surface area contributed by atoms with Crippen LogP contribution in [-0.4, -0.2) is 53.1 Å². The maximum Gasteiger partial charge on any atom is 0.160 e. The topological polar surface area (TPSA) is 79.2 Å². The number of rotatable bonds is 10. The first-order valence-electron chi connectivity index (χ1n) is 7.93. The molecule has 4 atom stereocenters. The molecule has 0 aromatic rings. The molecule has 120 valence electrons. The Bertz CT molecular complexity index is 236. The molecule has 5 heteroatoms. The highest BCUT2D eigenvalue weighted by atomic mass is 16.7. The smallest absolute Gasteiger partial charge is 0.160 e. The van der Waals surface area contributed by atoms with Gasteiger partial charge in [-0.1, -0.05) is 45.4 Å². The third kappa shape index (κ3) is 6.50. The van der Waals surface area contributed by atoms with E-state index in [0.717, 1.165) is 12.8 Å². The summed E-state index contributed by atoms with van der Waals surface area (Å²) in [6.07, 6.45) is 5.60. The van der Waals surface area contributed by atoms with Crippen molar-refractivity contribution in [1.29, 1.82) is 0 Å². The molecule has 5 nitrogen and oxygen atoms in total. The van der Waals surface area contributed by atoms with E-state index in [-0.39, 0.29) is 13.0 Å². The number of unbranched alkanes of at least 4 members (excludes halogenated alkanes) is 6. The monoisotopic (exact) mass is 290 g/mol. The molecule has 1 rings (SSSR count). The van der Waals surface area contributed by atoms with Gasteiger partial charge in [0.25, 0.3) is 0 Å². The number of hydrogen-bond donors (Lipinski definition) is 3. The average molecular weight is 290 g/mol. The van der Waals surface area contributed by atoms with E-state index < -0.39 is 24.6 Å². The van der Waals surface area contributed by atoms with Crippen molar-refractivity contribution in [3.63, 3.8) is 0 Å². The number of ether oxygens (including phenoxy) is 2. The average Bonchev–Trinajstić information content (AvgIpc) is 2.45. The third-order valence-corrected chi connectivity index (χ3v) is 3.77. The highest BCUT2D eigenvalue weighted by molar-refractivity contribution is 4.82. The summed E-state index contributed by atoms with van der Waals surface area (Å²) in [5.74, 6) is 0. The molecular weight excluding hydrogens is 260 g/mol. The molecule has 0 bridgehead atoms. The fourth-order valence-electron chi connectivity index (χ4n) is 2.45. The second-order valence-electron chi connectivity index (χ2n) is 5.57. The molecule has 0 saturated carbocycles. The van der Waals surface area contributed by atoms with E-state index in [0.29, 0.717) is 6.61 Å². The molecule has 1 aliphatic heterocycles. The predicted molar refractivity (Wildman–Crippen MR) is 76.3 cm³/mol. The summed E-state index contributed by atoms with van der Waals surface area (Å²) in [6.45, 7) is 2.50. The molecule has 1 saturated heterocycles.